The number of hydrogen-bond donors (Lipinski definition) is 1. The molecule has 0 aliphatic heterocycles. The van der Waals surface area contributed by atoms with E-state index in [-0.39, 0.29) is 44.0 Å². The summed E-state index contributed by atoms with van der Waals surface area (Å²) >= 11 is 0. The number of ether oxygens (including phenoxy) is 5. The summed E-state index contributed by atoms with van der Waals surface area (Å²) in [6.07, 6.45) is 4.83. The predicted molar refractivity (Wildman–Crippen MR) is 141 cm³/mol. The molecule has 10 nitrogen and oxygen atoms in total. The number of esters is 3. The van der Waals surface area contributed by atoms with Gasteiger partial charge in [0, 0.05) is 12.8 Å². The van der Waals surface area contributed by atoms with Gasteiger partial charge in [-0.1, -0.05) is 52.5 Å². The molecule has 0 radical (unpaired) electrons. The molecule has 1 rings (SSSR count). The molecule has 0 aromatic heterocycles. The maximum absolute atomic E-state index is 12.4. The smallest absolute Gasteiger partial charge is 0.458 e. The summed E-state index contributed by atoms with van der Waals surface area (Å²) in [5, 5.41) is 0. The quantitative estimate of drug-likeness (QED) is 0.154. The van der Waals surface area contributed by atoms with E-state index in [0.29, 0.717) is 24.8 Å². The zero-order valence-corrected chi connectivity index (χ0v) is 23.1. The van der Waals surface area contributed by atoms with Crippen LogP contribution in [0.4, 0.5) is 4.79 Å². The Morgan fingerprint density at radius 2 is 1.42 bits per heavy atom. The van der Waals surface area contributed by atoms with Crippen LogP contribution in [-0.2, 0) is 35.0 Å². The molecule has 0 aliphatic rings. The summed E-state index contributed by atoms with van der Waals surface area (Å²) in [5.74, 6) is -1.30. The first-order chi connectivity index (χ1) is 18.2. The lowest BCUT2D eigenvalue weighted by Gasteiger charge is -2.17. The molecule has 0 bridgehead atoms. The Hall–Kier alpha value is -3.14. The van der Waals surface area contributed by atoms with Crippen LogP contribution in [0.15, 0.2) is 18.2 Å². The molecule has 1 aromatic carbocycles. The van der Waals surface area contributed by atoms with Gasteiger partial charge in [-0.3, -0.25) is 14.4 Å². The van der Waals surface area contributed by atoms with Crippen LogP contribution in [0.25, 0.3) is 0 Å². The van der Waals surface area contributed by atoms with Crippen LogP contribution in [0.2, 0.25) is 0 Å². The van der Waals surface area contributed by atoms with E-state index < -0.39 is 36.2 Å². The van der Waals surface area contributed by atoms with Crippen molar-refractivity contribution in [1.29, 1.82) is 0 Å². The maximum Gasteiger partial charge on any atom is 0.508 e. The molecule has 0 saturated carbocycles. The van der Waals surface area contributed by atoms with Gasteiger partial charge in [0.2, 0.25) is 0 Å². The van der Waals surface area contributed by atoms with Crippen LogP contribution in [0.3, 0.4) is 0 Å². The standard InChI is InChI=1S/C28H43NO9/c1-5-8-10-12-25(30)37-23-15-14-21(18-24(23)38-26(31)13-11-9-6-2)17-22(29)27(32)36-20(4)19-35-28(33)34-16-7-3/h14-15,18,20,22H,5-13,16-17,19,29H2,1-4H3/t20-,22-/m0/s1. The number of rotatable bonds is 18. The van der Waals surface area contributed by atoms with E-state index in [0.717, 1.165) is 25.7 Å². The molecule has 0 amide bonds. The van der Waals surface area contributed by atoms with E-state index in [1.54, 1.807) is 13.0 Å². The van der Waals surface area contributed by atoms with Crippen LogP contribution < -0.4 is 15.2 Å². The zero-order valence-electron chi connectivity index (χ0n) is 23.1. The van der Waals surface area contributed by atoms with Crippen molar-refractivity contribution in [3.63, 3.8) is 0 Å². The zero-order chi connectivity index (χ0) is 28.3. The Labute approximate surface area is 225 Å². The van der Waals surface area contributed by atoms with Gasteiger partial charge in [-0.2, -0.15) is 0 Å². The summed E-state index contributed by atoms with van der Waals surface area (Å²) in [7, 11) is 0. The van der Waals surface area contributed by atoms with Crippen LogP contribution >= 0.6 is 0 Å². The largest absolute Gasteiger partial charge is 0.508 e. The second kappa shape index (κ2) is 19.0. The maximum atomic E-state index is 12.4. The Kier molecular flexibility index (Phi) is 16.4. The van der Waals surface area contributed by atoms with Crippen molar-refractivity contribution in [3.8, 4) is 11.5 Å². The lowest BCUT2D eigenvalue weighted by atomic mass is 10.1. The number of benzene rings is 1. The molecule has 214 valence electrons. The van der Waals surface area contributed by atoms with Crippen molar-refractivity contribution in [2.24, 2.45) is 5.73 Å². The first-order valence-electron chi connectivity index (χ1n) is 13.5. The summed E-state index contributed by atoms with van der Waals surface area (Å²) in [6.45, 7) is 7.57. The first kappa shape index (κ1) is 32.9. The molecule has 0 unspecified atom stereocenters. The van der Waals surface area contributed by atoms with E-state index in [9.17, 15) is 19.2 Å². The molecule has 0 aliphatic carbocycles. The number of unbranched alkanes of at least 4 members (excludes halogenated alkanes) is 4. The minimum Gasteiger partial charge on any atom is -0.458 e. The number of carbonyl (C=O) groups excluding carboxylic acids is 4. The Morgan fingerprint density at radius 1 is 0.816 bits per heavy atom. The minimum absolute atomic E-state index is 0.0794. The van der Waals surface area contributed by atoms with Crippen LogP contribution in [-0.4, -0.2) is 49.4 Å². The van der Waals surface area contributed by atoms with Crippen molar-refractivity contribution >= 4 is 24.1 Å². The van der Waals surface area contributed by atoms with Gasteiger partial charge in [-0.15, -0.1) is 0 Å². The topological polar surface area (TPSA) is 140 Å². The molecule has 0 saturated heterocycles. The van der Waals surface area contributed by atoms with E-state index >= 15 is 0 Å². The highest BCUT2D eigenvalue weighted by Gasteiger charge is 2.21. The molecule has 2 N–H and O–H groups in total. The molecular weight excluding hydrogens is 494 g/mol. The van der Waals surface area contributed by atoms with E-state index in [4.69, 9.17) is 29.4 Å². The third-order valence-corrected chi connectivity index (χ3v) is 5.36. The van der Waals surface area contributed by atoms with Gasteiger partial charge < -0.3 is 29.4 Å². The van der Waals surface area contributed by atoms with Gasteiger partial charge in [-0.25, -0.2) is 4.79 Å². The summed E-state index contributed by atoms with van der Waals surface area (Å²) in [6, 6.07) is 3.68. The van der Waals surface area contributed by atoms with E-state index in [1.807, 2.05) is 20.8 Å². The van der Waals surface area contributed by atoms with Crippen LogP contribution in [0, 0.1) is 0 Å². The lowest BCUT2D eigenvalue weighted by Crippen LogP contribution is -2.37. The van der Waals surface area contributed by atoms with Gasteiger partial charge in [0.05, 0.1) is 6.61 Å². The van der Waals surface area contributed by atoms with Crippen molar-refractivity contribution in [2.45, 2.75) is 104 Å². The molecule has 10 heteroatoms. The van der Waals surface area contributed by atoms with Crippen molar-refractivity contribution < 1.29 is 42.9 Å². The second-order valence-electron chi connectivity index (χ2n) is 9.11. The highest BCUT2D eigenvalue weighted by molar-refractivity contribution is 5.77. The average molecular weight is 538 g/mol. The fourth-order valence-corrected chi connectivity index (χ4v) is 3.30. The van der Waals surface area contributed by atoms with Crippen LogP contribution in [0.5, 0.6) is 11.5 Å². The molecule has 0 fully saturated rings. The fraction of sp³-hybridized carbons (Fsp3) is 0.643. The highest BCUT2D eigenvalue weighted by atomic mass is 16.7. The van der Waals surface area contributed by atoms with Gasteiger partial charge in [-0.05, 0) is 50.3 Å². The third-order valence-electron chi connectivity index (χ3n) is 5.36. The Balaban J connectivity index is 2.81. The second-order valence-corrected chi connectivity index (χ2v) is 9.11. The van der Waals surface area contributed by atoms with E-state index in [2.05, 4.69) is 0 Å². The SMILES string of the molecule is CCCCCC(=O)Oc1ccc(C[C@H](N)C(=O)O[C@@H](C)COC(=O)OCCC)cc1OC(=O)CCCCC. The van der Waals surface area contributed by atoms with Gasteiger partial charge >= 0.3 is 24.1 Å². The predicted octanol–water partition coefficient (Wildman–Crippen LogP) is 5.02. The number of carbonyl (C=O) groups is 4. The molecule has 1 aromatic rings. The first-order valence-corrected chi connectivity index (χ1v) is 13.5. The molecular formula is C28H43NO9. The molecule has 38 heavy (non-hydrogen) atoms. The van der Waals surface area contributed by atoms with Crippen molar-refractivity contribution in [1.82, 2.24) is 0 Å². The molecule has 0 heterocycles. The van der Waals surface area contributed by atoms with Crippen LogP contribution in [0.1, 0.15) is 91.0 Å². The third kappa shape index (κ3) is 14.0. The van der Waals surface area contributed by atoms with Gasteiger partial charge in [0.25, 0.3) is 0 Å². The summed E-state index contributed by atoms with van der Waals surface area (Å²) < 4.78 is 25.9. The molecule has 0 spiro atoms. The van der Waals surface area contributed by atoms with E-state index in [1.165, 1.54) is 12.1 Å². The summed E-state index contributed by atoms with van der Waals surface area (Å²) in [5.41, 5.74) is 6.62. The monoisotopic (exact) mass is 537 g/mol. The van der Waals surface area contributed by atoms with Gasteiger partial charge in [0.15, 0.2) is 11.5 Å². The summed E-state index contributed by atoms with van der Waals surface area (Å²) in [4.78, 5) is 48.5. The number of nitrogens with two attached hydrogens (primary N) is 1. The minimum atomic E-state index is -1.03. The van der Waals surface area contributed by atoms with Crippen molar-refractivity contribution in [2.75, 3.05) is 13.2 Å². The fourth-order valence-electron chi connectivity index (χ4n) is 3.30. The highest BCUT2D eigenvalue weighted by Crippen LogP contribution is 2.30. The number of hydrogen-bond acceptors (Lipinski definition) is 10. The Bertz CT molecular complexity index is 887. The Morgan fingerprint density at radius 3 is 2.00 bits per heavy atom. The lowest BCUT2D eigenvalue weighted by molar-refractivity contribution is -0.152. The normalized spacial score (nSPS) is 12.2. The average Bonchev–Trinajstić information content (AvgIpc) is 2.88. The van der Waals surface area contributed by atoms with Gasteiger partial charge in [0.1, 0.15) is 18.8 Å². The molecule has 2 atom stereocenters. The van der Waals surface area contributed by atoms with Crippen molar-refractivity contribution in [3.05, 3.63) is 23.8 Å².